The molecule has 4 nitrogen and oxygen atoms in total. The van der Waals surface area contributed by atoms with Crippen molar-refractivity contribution in [2.75, 3.05) is 18.0 Å². The molecule has 25 heavy (non-hydrogen) atoms. The van der Waals surface area contributed by atoms with E-state index >= 15 is 0 Å². The lowest BCUT2D eigenvalue weighted by atomic mass is 9.92. The van der Waals surface area contributed by atoms with Gasteiger partial charge in [0.25, 0.3) is 0 Å². The first-order valence-corrected chi connectivity index (χ1v) is 8.59. The highest BCUT2D eigenvalue weighted by Gasteiger charge is 2.25. The molecule has 1 fully saturated rings. The predicted molar refractivity (Wildman–Crippen MR) is 98.4 cm³/mol. The first-order chi connectivity index (χ1) is 12.0. The van der Waals surface area contributed by atoms with Crippen molar-refractivity contribution in [3.63, 3.8) is 0 Å². The van der Waals surface area contributed by atoms with E-state index in [-0.39, 0.29) is 11.9 Å². The van der Waals surface area contributed by atoms with Gasteiger partial charge >= 0.3 is 0 Å². The first-order valence-electron chi connectivity index (χ1n) is 8.59. The summed E-state index contributed by atoms with van der Waals surface area (Å²) in [6, 6.07) is 9.21. The fourth-order valence-electron chi connectivity index (χ4n) is 3.78. The number of halogens is 1. The fraction of sp³-hybridized carbons (Fsp3) is 0.300. The highest BCUT2D eigenvalue weighted by molar-refractivity contribution is 5.81. The number of rotatable bonds is 2. The van der Waals surface area contributed by atoms with Crippen LogP contribution in [0.2, 0.25) is 0 Å². The summed E-state index contributed by atoms with van der Waals surface area (Å²) in [4.78, 5) is 2.16. The lowest BCUT2D eigenvalue weighted by molar-refractivity contribution is 0.198. The number of aryl methyl sites for hydroxylation is 1. The van der Waals surface area contributed by atoms with Gasteiger partial charge in [-0.15, -0.1) is 0 Å². The zero-order valence-corrected chi connectivity index (χ0v) is 14.2. The smallest absolute Gasteiger partial charge is 0.131 e. The molecule has 0 bridgehead atoms. The number of hydrogen-bond donors (Lipinski definition) is 3. The van der Waals surface area contributed by atoms with E-state index < -0.39 is 0 Å². The second kappa shape index (κ2) is 6.08. The number of aliphatic hydroxyl groups excluding tert-OH is 1. The number of benzene rings is 2. The topological polar surface area (TPSA) is 61.5 Å². The average molecular weight is 339 g/mol. The SMILES string of the molecule is Cc1cccc(F)c1-c1cc2c(c(N3CCC(O)C3)c1)C=C(N)NC2. The Labute approximate surface area is 146 Å². The van der Waals surface area contributed by atoms with Crippen molar-refractivity contribution in [1.29, 1.82) is 0 Å². The first kappa shape index (κ1) is 16.0. The van der Waals surface area contributed by atoms with E-state index in [1.54, 1.807) is 6.07 Å². The largest absolute Gasteiger partial charge is 0.391 e. The number of hydrogen-bond acceptors (Lipinski definition) is 4. The molecule has 0 aliphatic carbocycles. The zero-order chi connectivity index (χ0) is 17.6. The number of fused-ring (bicyclic) bond motifs is 1. The molecule has 1 saturated heterocycles. The quantitative estimate of drug-likeness (QED) is 0.787. The van der Waals surface area contributed by atoms with Crippen molar-refractivity contribution in [1.82, 2.24) is 5.32 Å². The van der Waals surface area contributed by atoms with Crippen LogP contribution in [0.3, 0.4) is 0 Å². The molecule has 1 unspecified atom stereocenters. The third-order valence-electron chi connectivity index (χ3n) is 5.04. The normalized spacial score (nSPS) is 19.4. The minimum Gasteiger partial charge on any atom is -0.391 e. The Morgan fingerprint density at radius 1 is 1.32 bits per heavy atom. The summed E-state index contributed by atoms with van der Waals surface area (Å²) < 4.78 is 14.5. The molecule has 1 atom stereocenters. The maximum absolute atomic E-state index is 14.5. The lowest BCUT2D eigenvalue weighted by Gasteiger charge is -2.27. The van der Waals surface area contributed by atoms with Crippen molar-refractivity contribution in [2.45, 2.75) is 26.0 Å². The van der Waals surface area contributed by atoms with Crippen molar-refractivity contribution < 1.29 is 9.50 Å². The van der Waals surface area contributed by atoms with E-state index in [2.05, 4.69) is 10.2 Å². The molecule has 4 N–H and O–H groups in total. The molecule has 130 valence electrons. The molecule has 0 spiro atoms. The van der Waals surface area contributed by atoms with Crippen LogP contribution in [-0.2, 0) is 6.54 Å². The van der Waals surface area contributed by atoms with Crippen LogP contribution in [-0.4, -0.2) is 24.3 Å². The van der Waals surface area contributed by atoms with Gasteiger partial charge in [-0.05, 0) is 54.3 Å². The van der Waals surface area contributed by atoms with E-state index in [9.17, 15) is 9.50 Å². The van der Waals surface area contributed by atoms with Gasteiger partial charge in [-0.1, -0.05) is 12.1 Å². The summed E-state index contributed by atoms with van der Waals surface area (Å²) in [7, 11) is 0. The third-order valence-corrected chi connectivity index (χ3v) is 5.04. The number of aliphatic hydroxyl groups is 1. The predicted octanol–water partition coefficient (Wildman–Crippen LogP) is 2.73. The summed E-state index contributed by atoms with van der Waals surface area (Å²) in [6.07, 6.45) is 2.35. The van der Waals surface area contributed by atoms with E-state index in [1.807, 2.05) is 31.2 Å². The molecule has 0 saturated carbocycles. The maximum Gasteiger partial charge on any atom is 0.131 e. The molecule has 0 amide bonds. The zero-order valence-electron chi connectivity index (χ0n) is 14.2. The summed E-state index contributed by atoms with van der Waals surface area (Å²) in [5.74, 6) is 0.412. The van der Waals surface area contributed by atoms with E-state index in [0.717, 1.165) is 40.9 Å². The number of nitrogens with zero attached hydrogens (tertiary/aromatic N) is 1. The molecule has 2 heterocycles. The summed E-state index contributed by atoms with van der Waals surface area (Å²) in [6.45, 7) is 3.91. The van der Waals surface area contributed by atoms with E-state index in [4.69, 9.17) is 5.73 Å². The number of anilines is 1. The highest BCUT2D eigenvalue weighted by Crippen LogP contribution is 2.37. The van der Waals surface area contributed by atoms with Crippen molar-refractivity contribution >= 4 is 11.8 Å². The van der Waals surface area contributed by atoms with Crippen molar-refractivity contribution in [2.24, 2.45) is 5.73 Å². The number of β-amino-alcohol motifs (C(OH)–C–C–N with tert-alkyl or cyclic N) is 1. The van der Waals surface area contributed by atoms with Crippen LogP contribution < -0.4 is 16.0 Å². The Morgan fingerprint density at radius 2 is 2.16 bits per heavy atom. The molecule has 5 heteroatoms. The fourth-order valence-corrected chi connectivity index (χ4v) is 3.78. The van der Waals surface area contributed by atoms with Crippen LogP contribution in [0, 0.1) is 12.7 Å². The van der Waals surface area contributed by atoms with Crippen LogP contribution in [0.1, 0.15) is 23.1 Å². The monoisotopic (exact) mass is 339 g/mol. The number of nitrogens with two attached hydrogens (primary N) is 1. The molecule has 4 rings (SSSR count). The third kappa shape index (κ3) is 2.85. The van der Waals surface area contributed by atoms with Gasteiger partial charge in [-0.2, -0.15) is 0 Å². The minimum absolute atomic E-state index is 0.216. The second-order valence-corrected chi connectivity index (χ2v) is 6.84. The Morgan fingerprint density at radius 3 is 2.88 bits per heavy atom. The van der Waals surface area contributed by atoms with Crippen LogP contribution in [0.15, 0.2) is 36.2 Å². The van der Waals surface area contributed by atoms with Crippen LogP contribution in [0.25, 0.3) is 17.2 Å². The van der Waals surface area contributed by atoms with Gasteiger partial charge in [0.2, 0.25) is 0 Å². The Balaban J connectivity index is 1.91. The lowest BCUT2D eigenvalue weighted by Crippen LogP contribution is -2.27. The van der Waals surface area contributed by atoms with Gasteiger partial charge < -0.3 is 21.1 Å². The minimum atomic E-state index is -0.322. The van der Waals surface area contributed by atoms with Gasteiger partial charge in [0.05, 0.1) is 11.9 Å². The number of nitrogens with one attached hydrogen (secondary N) is 1. The maximum atomic E-state index is 14.5. The average Bonchev–Trinajstić information content (AvgIpc) is 3.00. The van der Waals surface area contributed by atoms with E-state index in [1.165, 1.54) is 6.07 Å². The molecular weight excluding hydrogens is 317 g/mol. The molecular formula is C20H22FN3O. The van der Waals surface area contributed by atoms with Gasteiger partial charge in [0.1, 0.15) is 5.82 Å². The van der Waals surface area contributed by atoms with Gasteiger partial charge in [0, 0.05) is 36.4 Å². The molecule has 2 aromatic carbocycles. The standard InChI is InChI=1S/C20H22FN3O/c1-12-3-2-4-17(21)20(12)13-7-14-10-23-19(22)9-16(14)18(8-13)24-6-5-15(25)11-24/h2-4,7-9,15,23,25H,5-6,10-11,22H2,1H3. The van der Waals surface area contributed by atoms with Gasteiger partial charge in [-0.3, -0.25) is 0 Å². The van der Waals surface area contributed by atoms with Gasteiger partial charge in [-0.25, -0.2) is 4.39 Å². The molecule has 2 aliphatic rings. The van der Waals surface area contributed by atoms with Crippen molar-refractivity contribution in [3.05, 3.63) is 58.7 Å². The van der Waals surface area contributed by atoms with Crippen molar-refractivity contribution in [3.8, 4) is 11.1 Å². The van der Waals surface area contributed by atoms with Crippen LogP contribution in [0.4, 0.5) is 10.1 Å². The summed E-state index contributed by atoms with van der Waals surface area (Å²) >= 11 is 0. The van der Waals surface area contributed by atoms with Crippen LogP contribution >= 0.6 is 0 Å². The Kier molecular flexibility index (Phi) is 3.88. The summed E-state index contributed by atoms with van der Waals surface area (Å²) in [5.41, 5.74) is 11.5. The van der Waals surface area contributed by atoms with Gasteiger partial charge in [0.15, 0.2) is 0 Å². The van der Waals surface area contributed by atoms with E-state index in [0.29, 0.717) is 24.5 Å². The molecule has 0 radical (unpaired) electrons. The Hall–Kier alpha value is -2.53. The molecule has 2 aliphatic heterocycles. The summed E-state index contributed by atoms with van der Waals surface area (Å²) in [5, 5.41) is 13.1. The molecule has 0 aromatic heterocycles. The second-order valence-electron chi connectivity index (χ2n) is 6.84. The van der Waals surface area contributed by atoms with Crippen LogP contribution in [0.5, 0.6) is 0 Å². The Bertz CT molecular complexity index is 842. The highest BCUT2D eigenvalue weighted by atomic mass is 19.1. The molecule has 2 aromatic rings.